The maximum absolute atomic E-state index is 11.5. The van der Waals surface area contributed by atoms with E-state index >= 15 is 0 Å². The number of likely N-dealkylation sites (N-methyl/N-ethyl adjacent to an activating group) is 1. The van der Waals surface area contributed by atoms with Crippen molar-refractivity contribution < 1.29 is 9.90 Å². The Kier molecular flexibility index (Phi) is 8.15. The third-order valence-electron chi connectivity index (χ3n) is 5.80. The van der Waals surface area contributed by atoms with E-state index in [4.69, 9.17) is 4.99 Å². The van der Waals surface area contributed by atoms with Gasteiger partial charge in [-0.2, -0.15) is 0 Å². The molecule has 0 aromatic carbocycles. The van der Waals surface area contributed by atoms with Gasteiger partial charge in [-0.15, -0.1) is 0 Å². The van der Waals surface area contributed by atoms with Gasteiger partial charge in [-0.1, -0.05) is 19.8 Å². The third-order valence-corrected chi connectivity index (χ3v) is 5.80. The number of carbonyl (C=O) groups is 1. The first-order valence-corrected chi connectivity index (χ1v) is 10.1. The van der Waals surface area contributed by atoms with E-state index in [2.05, 4.69) is 34.7 Å². The summed E-state index contributed by atoms with van der Waals surface area (Å²) in [4.78, 5) is 18.5. The van der Waals surface area contributed by atoms with Crippen molar-refractivity contribution in [3.8, 4) is 0 Å². The largest absolute Gasteiger partial charge is 0.392 e. The summed E-state index contributed by atoms with van der Waals surface area (Å²) in [6, 6.07) is 0.373. The molecule has 0 aromatic heterocycles. The maximum Gasteiger partial charge on any atom is 0.233 e. The number of amides is 1. The van der Waals surface area contributed by atoms with Gasteiger partial charge in [-0.25, -0.2) is 0 Å². The quantitative estimate of drug-likeness (QED) is 0.410. The van der Waals surface area contributed by atoms with Gasteiger partial charge in [-0.3, -0.25) is 14.7 Å². The maximum atomic E-state index is 11.5. The van der Waals surface area contributed by atoms with Crippen LogP contribution in [0.15, 0.2) is 4.99 Å². The molecule has 0 bridgehead atoms. The van der Waals surface area contributed by atoms with Crippen molar-refractivity contribution in [3.05, 3.63) is 0 Å². The molecule has 1 heterocycles. The molecule has 2 atom stereocenters. The number of aliphatic hydroxyl groups excluding tert-OH is 1. The topological polar surface area (TPSA) is 89.0 Å². The fraction of sp³-hybridized carbons (Fsp3) is 0.895. The molecule has 2 unspecified atom stereocenters. The summed E-state index contributed by atoms with van der Waals surface area (Å²) in [6.07, 6.45) is 5.97. The van der Waals surface area contributed by atoms with Crippen molar-refractivity contribution in [1.82, 2.24) is 20.9 Å². The number of piperidine rings is 1. The second-order valence-electron chi connectivity index (χ2n) is 7.98. The first-order chi connectivity index (χ1) is 12.5. The number of rotatable bonds is 6. The van der Waals surface area contributed by atoms with Gasteiger partial charge in [0.05, 0.1) is 19.2 Å². The van der Waals surface area contributed by atoms with Crippen molar-refractivity contribution in [3.63, 3.8) is 0 Å². The van der Waals surface area contributed by atoms with Crippen LogP contribution in [-0.2, 0) is 4.79 Å². The second-order valence-corrected chi connectivity index (χ2v) is 7.98. The summed E-state index contributed by atoms with van der Waals surface area (Å²) in [7, 11) is 1.68. The van der Waals surface area contributed by atoms with Crippen LogP contribution >= 0.6 is 0 Å². The molecule has 2 aliphatic rings. The number of guanidine groups is 1. The van der Waals surface area contributed by atoms with E-state index in [0.717, 1.165) is 57.7 Å². The number of carbonyl (C=O) groups excluding carboxylic acids is 1. The molecular weight excluding hydrogens is 330 g/mol. The molecule has 1 aliphatic heterocycles. The molecule has 1 amide bonds. The molecule has 1 saturated carbocycles. The Balaban J connectivity index is 1.85. The van der Waals surface area contributed by atoms with E-state index in [1.54, 1.807) is 7.05 Å². The highest BCUT2D eigenvalue weighted by molar-refractivity contribution is 5.80. The summed E-state index contributed by atoms with van der Waals surface area (Å²) >= 11 is 0. The molecule has 7 heteroatoms. The summed E-state index contributed by atoms with van der Waals surface area (Å²) in [6.45, 7) is 8.01. The van der Waals surface area contributed by atoms with Gasteiger partial charge in [0.25, 0.3) is 0 Å². The summed E-state index contributed by atoms with van der Waals surface area (Å²) in [5.74, 6) is 0.918. The third kappa shape index (κ3) is 6.13. The van der Waals surface area contributed by atoms with Crippen LogP contribution in [-0.4, -0.2) is 73.8 Å². The van der Waals surface area contributed by atoms with Crippen molar-refractivity contribution in [1.29, 1.82) is 0 Å². The van der Waals surface area contributed by atoms with Gasteiger partial charge >= 0.3 is 0 Å². The highest BCUT2D eigenvalue weighted by Gasteiger charge is 2.35. The smallest absolute Gasteiger partial charge is 0.233 e. The number of hydrogen-bond donors (Lipinski definition) is 4. The van der Waals surface area contributed by atoms with Crippen LogP contribution in [0.2, 0.25) is 0 Å². The Hall–Kier alpha value is -1.34. The zero-order valence-corrected chi connectivity index (χ0v) is 16.7. The summed E-state index contributed by atoms with van der Waals surface area (Å²) in [5, 5.41) is 19.9. The SMILES string of the molecule is CCNC(=NCC1(C)CCCCC1O)NC1CCN(CC(=O)NC)CC1. The van der Waals surface area contributed by atoms with Gasteiger partial charge < -0.3 is 21.1 Å². The van der Waals surface area contributed by atoms with Crippen molar-refractivity contribution in [2.24, 2.45) is 10.4 Å². The average Bonchev–Trinajstić information content (AvgIpc) is 2.64. The minimum Gasteiger partial charge on any atom is -0.392 e. The predicted molar refractivity (Wildman–Crippen MR) is 105 cm³/mol. The van der Waals surface area contributed by atoms with Gasteiger partial charge in [0, 0.05) is 38.1 Å². The van der Waals surface area contributed by atoms with Crippen LogP contribution in [0.3, 0.4) is 0 Å². The number of nitrogens with one attached hydrogen (secondary N) is 3. The van der Waals surface area contributed by atoms with Crippen molar-refractivity contribution >= 4 is 11.9 Å². The van der Waals surface area contributed by atoms with E-state index in [9.17, 15) is 9.90 Å². The molecular formula is C19H37N5O2. The van der Waals surface area contributed by atoms with E-state index in [-0.39, 0.29) is 17.4 Å². The lowest BCUT2D eigenvalue weighted by Crippen LogP contribution is -2.50. The Labute approximate surface area is 158 Å². The molecule has 1 saturated heterocycles. The van der Waals surface area contributed by atoms with Gasteiger partial charge in [0.15, 0.2) is 5.96 Å². The molecule has 0 aromatic rings. The van der Waals surface area contributed by atoms with Crippen LogP contribution in [0, 0.1) is 5.41 Å². The van der Waals surface area contributed by atoms with Gasteiger partial charge in [-0.05, 0) is 32.6 Å². The van der Waals surface area contributed by atoms with E-state index < -0.39 is 0 Å². The normalized spacial score (nSPS) is 28.6. The van der Waals surface area contributed by atoms with Crippen LogP contribution in [0.4, 0.5) is 0 Å². The zero-order chi connectivity index (χ0) is 19.0. The molecule has 2 rings (SSSR count). The van der Waals surface area contributed by atoms with Gasteiger partial charge in [0.2, 0.25) is 5.91 Å². The van der Waals surface area contributed by atoms with Crippen molar-refractivity contribution in [2.75, 3.05) is 39.8 Å². The Morgan fingerprint density at radius 1 is 1.27 bits per heavy atom. The van der Waals surface area contributed by atoms with Crippen LogP contribution in [0.1, 0.15) is 52.4 Å². The van der Waals surface area contributed by atoms with Gasteiger partial charge in [0.1, 0.15) is 0 Å². The van der Waals surface area contributed by atoms with Crippen molar-refractivity contribution in [2.45, 2.75) is 64.5 Å². The number of aliphatic imine (C=N–C) groups is 1. The van der Waals surface area contributed by atoms with E-state index in [1.165, 1.54) is 6.42 Å². The number of nitrogens with zero attached hydrogens (tertiary/aromatic N) is 2. The highest BCUT2D eigenvalue weighted by atomic mass is 16.3. The molecule has 0 radical (unpaired) electrons. The van der Waals surface area contributed by atoms with E-state index in [1.807, 2.05) is 0 Å². The zero-order valence-electron chi connectivity index (χ0n) is 16.7. The van der Waals surface area contributed by atoms with Crippen LogP contribution in [0.5, 0.6) is 0 Å². The lowest BCUT2D eigenvalue weighted by molar-refractivity contribution is -0.122. The number of likely N-dealkylation sites (tertiary alicyclic amines) is 1. The average molecular weight is 368 g/mol. The lowest BCUT2D eigenvalue weighted by Gasteiger charge is -2.37. The molecule has 2 fully saturated rings. The lowest BCUT2D eigenvalue weighted by atomic mass is 9.73. The minimum atomic E-state index is -0.254. The Bertz CT molecular complexity index is 477. The van der Waals surface area contributed by atoms with Crippen LogP contribution in [0.25, 0.3) is 0 Å². The fourth-order valence-corrected chi connectivity index (χ4v) is 3.86. The number of hydrogen-bond acceptors (Lipinski definition) is 4. The molecule has 1 aliphatic carbocycles. The predicted octanol–water partition coefficient (Wildman–Crippen LogP) is 0.693. The molecule has 4 N–H and O–H groups in total. The summed E-state index contributed by atoms with van der Waals surface area (Å²) in [5.41, 5.74) is -0.114. The standard InChI is InChI=1S/C19H37N5O2/c1-4-21-18(22-14-19(2)10-6-5-7-16(19)25)23-15-8-11-24(12-9-15)13-17(26)20-3/h15-16,25H,4-14H2,1-3H3,(H,20,26)(H2,21,22,23). The minimum absolute atomic E-state index is 0.0746. The van der Waals surface area contributed by atoms with E-state index in [0.29, 0.717) is 19.1 Å². The first-order valence-electron chi connectivity index (χ1n) is 10.1. The van der Waals surface area contributed by atoms with Crippen LogP contribution < -0.4 is 16.0 Å². The Morgan fingerprint density at radius 2 is 2.00 bits per heavy atom. The first kappa shape index (κ1) is 21.0. The monoisotopic (exact) mass is 367 g/mol. The molecule has 26 heavy (non-hydrogen) atoms. The highest BCUT2D eigenvalue weighted by Crippen LogP contribution is 2.36. The number of aliphatic hydroxyl groups is 1. The molecule has 150 valence electrons. The fourth-order valence-electron chi connectivity index (χ4n) is 3.86. The second kappa shape index (κ2) is 10.1. The summed E-state index contributed by atoms with van der Waals surface area (Å²) < 4.78 is 0. The Morgan fingerprint density at radius 3 is 2.62 bits per heavy atom. The molecule has 0 spiro atoms. The molecule has 7 nitrogen and oxygen atoms in total.